The Kier molecular flexibility index (Phi) is 8.60. The van der Waals surface area contributed by atoms with Crippen LogP contribution in [-0.4, -0.2) is 37.5 Å². The van der Waals surface area contributed by atoms with Gasteiger partial charge in [-0.15, -0.1) is 11.3 Å². The normalized spacial score (nSPS) is 10.4. The number of benzene rings is 2. The van der Waals surface area contributed by atoms with Crippen molar-refractivity contribution in [1.29, 1.82) is 0 Å². The largest absolute Gasteiger partial charge is 0.484 e. The summed E-state index contributed by atoms with van der Waals surface area (Å²) in [5, 5.41) is 5.84. The van der Waals surface area contributed by atoms with E-state index in [4.69, 9.17) is 9.47 Å². The first-order chi connectivity index (χ1) is 16.0. The van der Waals surface area contributed by atoms with Crippen LogP contribution in [0.25, 0.3) is 0 Å². The van der Waals surface area contributed by atoms with Gasteiger partial charge in [0.1, 0.15) is 10.8 Å². The summed E-state index contributed by atoms with van der Waals surface area (Å²) in [5.74, 6) is -0.783. The molecule has 0 unspecified atom stereocenters. The number of carbonyl (C=O) groups is 3. The van der Waals surface area contributed by atoms with Gasteiger partial charge in [0.05, 0.1) is 17.0 Å². The Morgan fingerprint density at radius 3 is 2.30 bits per heavy atom. The quantitative estimate of drug-likeness (QED) is 0.436. The molecule has 3 aromatic rings. The minimum Gasteiger partial charge on any atom is -0.484 e. The lowest BCUT2D eigenvalue weighted by Crippen LogP contribution is -2.25. The summed E-state index contributed by atoms with van der Waals surface area (Å²) in [6.45, 7) is 3.76. The molecule has 2 N–H and O–H groups in total. The smallest absolute Gasteiger partial charge is 0.341 e. The molecule has 1 heterocycles. The molecule has 0 aliphatic carbocycles. The van der Waals surface area contributed by atoms with E-state index in [1.54, 1.807) is 38.1 Å². The van der Waals surface area contributed by atoms with Crippen LogP contribution in [0.1, 0.15) is 38.1 Å². The van der Waals surface area contributed by atoms with Crippen LogP contribution in [0.5, 0.6) is 5.75 Å². The van der Waals surface area contributed by atoms with Gasteiger partial charge in [-0.2, -0.15) is 0 Å². The molecule has 2 aromatic carbocycles. The van der Waals surface area contributed by atoms with Gasteiger partial charge in [0, 0.05) is 6.54 Å². The number of hydrogen-bond donors (Lipinski definition) is 2. The zero-order valence-corrected chi connectivity index (χ0v) is 19.4. The molecule has 0 spiro atoms. The van der Waals surface area contributed by atoms with Crippen LogP contribution in [0, 0.1) is 6.92 Å². The molecule has 7 nitrogen and oxygen atoms in total. The number of hydrogen-bond acceptors (Lipinski definition) is 6. The van der Waals surface area contributed by atoms with Crippen molar-refractivity contribution >= 4 is 34.1 Å². The topological polar surface area (TPSA) is 93.7 Å². The van der Waals surface area contributed by atoms with Gasteiger partial charge in [0.25, 0.3) is 11.8 Å². The highest BCUT2D eigenvalue weighted by Crippen LogP contribution is 2.33. The van der Waals surface area contributed by atoms with Crippen molar-refractivity contribution in [3.63, 3.8) is 0 Å². The zero-order valence-electron chi connectivity index (χ0n) is 18.6. The molecular weight excluding hydrogens is 440 g/mol. The van der Waals surface area contributed by atoms with Crippen LogP contribution in [0.3, 0.4) is 0 Å². The SMILES string of the molecule is CCOC(=O)c1c(NC(=O)COc2ccccc2)sc(C(=O)NCCc2ccccc2)c1C. The predicted molar refractivity (Wildman–Crippen MR) is 128 cm³/mol. The van der Waals surface area contributed by atoms with Crippen LogP contribution in [-0.2, 0) is 16.0 Å². The average Bonchev–Trinajstić information content (AvgIpc) is 3.15. The fraction of sp³-hybridized carbons (Fsp3) is 0.240. The van der Waals surface area contributed by atoms with Crippen LogP contribution in [0.15, 0.2) is 60.7 Å². The molecule has 1 aromatic heterocycles. The van der Waals surface area contributed by atoms with Crippen molar-refractivity contribution in [2.75, 3.05) is 25.1 Å². The second-order valence-electron chi connectivity index (χ2n) is 7.12. The third kappa shape index (κ3) is 6.66. The van der Waals surface area contributed by atoms with Crippen molar-refractivity contribution in [3.8, 4) is 5.75 Å². The molecule has 0 radical (unpaired) electrons. The van der Waals surface area contributed by atoms with Crippen molar-refractivity contribution in [3.05, 3.63) is 82.2 Å². The highest BCUT2D eigenvalue weighted by atomic mass is 32.1. The number of nitrogens with one attached hydrogen (secondary N) is 2. The summed E-state index contributed by atoms with van der Waals surface area (Å²) in [4.78, 5) is 38.2. The van der Waals surface area contributed by atoms with Crippen molar-refractivity contribution < 1.29 is 23.9 Å². The fourth-order valence-corrected chi connectivity index (χ4v) is 4.27. The maximum atomic E-state index is 12.8. The third-order valence-electron chi connectivity index (χ3n) is 4.74. The lowest BCUT2D eigenvalue weighted by molar-refractivity contribution is -0.118. The first-order valence-corrected chi connectivity index (χ1v) is 11.4. The fourth-order valence-electron chi connectivity index (χ4n) is 3.14. The van der Waals surface area contributed by atoms with E-state index >= 15 is 0 Å². The minimum absolute atomic E-state index is 0.178. The molecule has 2 amide bonds. The standard InChI is InChI=1S/C25H26N2O5S/c1-3-31-25(30)21-17(2)22(23(29)26-15-14-18-10-6-4-7-11-18)33-24(21)27-20(28)16-32-19-12-8-5-9-13-19/h4-13H,3,14-16H2,1-2H3,(H,26,29)(H,27,28). The molecule has 0 aliphatic rings. The predicted octanol–water partition coefficient (Wildman–Crippen LogP) is 4.22. The van der Waals surface area contributed by atoms with Crippen molar-refractivity contribution in [2.45, 2.75) is 20.3 Å². The Bertz CT molecular complexity index is 1100. The number of anilines is 1. The highest BCUT2D eigenvalue weighted by molar-refractivity contribution is 7.18. The minimum atomic E-state index is -0.589. The Hall–Kier alpha value is -3.65. The molecule has 33 heavy (non-hydrogen) atoms. The number of rotatable bonds is 10. The monoisotopic (exact) mass is 466 g/mol. The van der Waals surface area contributed by atoms with Gasteiger partial charge < -0.3 is 20.1 Å². The number of esters is 1. The maximum Gasteiger partial charge on any atom is 0.341 e. The lowest BCUT2D eigenvalue weighted by Gasteiger charge is -2.08. The van der Waals surface area contributed by atoms with E-state index in [0.717, 1.165) is 16.9 Å². The van der Waals surface area contributed by atoms with E-state index in [2.05, 4.69) is 10.6 Å². The first kappa shape index (κ1) is 24.0. The number of ether oxygens (including phenoxy) is 2. The number of para-hydroxylation sites is 1. The number of carbonyl (C=O) groups excluding carboxylic acids is 3. The molecule has 0 fully saturated rings. The summed E-state index contributed by atoms with van der Waals surface area (Å²) in [6.07, 6.45) is 0.683. The lowest BCUT2D eigenvalue weighted by atomic mass is 10.1. The van der Waals surface area contributed by atoms with Gasteiger partial charge in [0.2, 0.25) is 0 Å². The average molecular weight is 467 g/mol. The molecule has 0 bridgehead atoms. The summed E-state index contributed by atoms with van der Waals surface area (Å²) in [6, 6.07) is 18.8. The molecule has 8 heteroatoms. The van der Waals surface area contributed by atoms with Crippen molar-refractivity contribution in [1.82, 2.24) is 5.32 Å². The molecule has 0 atom stereocenters. The van der Waals surface area contributed by atoms with E-state index in [9.17, 15) is 14.4 Å². The Morgan fingerprint density at radius 1 is 0.970 bits per heavy atom. The summed E-state index contributed by atoms with van der Waals surface area (Å²) < 4.78 is 10.6. The van der Waals surface area contributed by atoms with Gasteiger partial charge in [-0.05, 0) is 43.5 Å². The molecule has 3 rings (SSSR count). The maximum absolute atomic E-state index is 12.8. The third-order valence-corrected chi connectivity index (χ3v) is 5.95. The van der Waals surface area contributed by atoms with Crippen LogP contribution < -0.4 is 15.4 Å². The number of thiophene rings is 1. The van der Waals surface area contributed by atoms with Gasteiger partial charge in [-0.1, -0.05) is 48.5 Å². The Morgan fingerprint density at radius 2 is 1.64 bits per heavy atom. The zero-order chi connectivity index (χ0) is 23.6. The van der Waals surface area contributed by atoms with Crippen LogP contribution in [0.4, 0.5) is 5.00 Å². The summed E-state index contributed by atoms with van der Waals surface area (Å²) >= 11 is 1.04. The first-order valence-electron chi connectivity index (χ1n) is 10.6. The highest BCUT2D eigenvalue weighted by Gasteiger charge is 2.26. The molecule has 0 saturated heterocycles. The van der Waals surface area contributed by atoms with Crippen LogP contribution >= 0.6 is 11.3 Å². The van der Waals surface area contributed by atoms with E-state index in [1.165, 1.54) is 0 Å². The van der Waals surface area contributed by atoms with E-state index in [-0.39, 0.29) is 29.7 Å². The second kappa shape index (κ2) is 11.8. The second-order valence-corrected chi connectivity index (χ2v) is 8.14. The Labute approximate surface area is 196 Å². The van der Waals surface area contributed by atoms with Crippen LogP contribution in [0.2, 0.25) is 0 Å². The van der Waals surface area contributed by atoms with Crippen molar-refractivity contribution in [2.24, 2.45) is 0 Å². The van der Waals surface area contributed by atoms with E-state index in [1.807, 2.05) is 36.4 Å². The summed E-state index contributed by atoms with van der Waals surface area (Å²) in [7, 11) is 0. The molecule has 172 valence electrons. The molecule has 0 aliphatic heterocycles. The number of amides is 2. The molecular formula is C25H26N2O5S. The molecule has 0 saturated carbocycles. The Balaban J connectivity index is 1.70. The van der Waals surface area contributed by atoms with Gasteiger partial charge in [-0.3, -0.25) is 9.59 Å². The summed E-state index contributed by atoms with van der Waals surface area (Å²) in [5.41, 5.74) is 1.76. The van der Waals surface area contributed by atoms with E-state index in [0.29, 0.717) is 29.2 Å². The van der Waals surface area contributed by atoms with Gasteiger partial charge >= 0.3 is 5.97 Å². The van der Waals surface area contributed by atoms with Gasteiger partial charge in [-0.25, -0.2) is 4.79 Å². The van der Waals surface area contributed by atoms with Gasteiger partial charge in [0.15, 0.2) is 6.61 Å². The van der Waals surface area contributed by atoms with E-state index < -0.39 is 11.9 Å².